The molecule has 0 amide bonds. The van der Waals surface area contributed by atoms with Crippen LogP contribution in [0.15, 0.2) is 34.7 Å². The van der Waals surface area contributed by atoms with Gasteiger partial charge in [-0.2, -0.15) is 0 Å². The summed E-state index contributed by atoms with van der Waals surface area (Å²) < 4.78 is 5.84. The highest BCUT2D eigenvalue weighted by Gasteiger charge is 2.06. The van der Waals surface area contributed by atoms with E-state index in [0.717, 1.165) is 47.3 Å². The van der Waals surface area contributed by atoms with Crippen LogP contribution in [-0.4, -0.2) is 32.1 Å². The molecule has 1 heterocycles. The lowest BCUT2D eigenvalue weighted by molar-refractivity contribution is 0.392. The molecule has 1 aromatic carbocycles. The Balaban J connectivity index is 1.96. The van der Waals surface area contributed by atoms with Crippen molar-refractivity contribution in [2.45, 2.75) is 13.5 Å². The van der Waals surface area contributed by atoms with Crippen LogP contribution in [0.25, 0.3) is 11.3 Å². The lowest BCUT2D eigenvalue weighted by atomic mass is 10.1. The van der Waals surface area contributed by atoms with Crippen molar-refractivity contribution >= 4 is 11.6 Å². The molecule has 20 heavy (non-hydrogen) atoms. The van der Waals surface area contributed by atoms with Gasteiger partial charge in [0, 0.05) is 23.7 Å². The fourth-order valence-corrected chi connectivity index (χ4v) is 2.07. The fourth-order valence-electron chi connectivity index (χ4n) is 1.89. The van der Waals surface area contributed by atoms with E-state index in [-0.39, 0.29) is 0 Å². The Bertz CT molecular complexity index is 563. The second-order valence-electron chi connectivity index (χ2n) is 5.21. The average molecular weight is 293 g/mol. The summed E-state index contributed by atoms with van der Waals surface area (Å²) in [6.45, 7) is 4.70. The number of aryl methyl sites for hydroxylation is 1. The van der Waals surface area contributed by atoms with Gasteiger partial charge in [0.05, 0.1) is 6.54 Å². The molecule has 0 aliphatic rings. The Morgan fingerprint density at radius 3 is 2.70 bits per heavy atom. The quantitative estimate of drug-likeness (QED) is 0.825. The molecule has 2 aromatic rings. The molecule has 1 aromatic heterocycles. The van der Waals surface area contributed by atoms with Gasteiger partial charge in [-0.1, -0.05) is 23.7 Å². The van der Waals surface area contributed by atoms with Gasteiger partial charge in [0.25, 0.3) is 0 Å². The summed E-state index contributed by atoms with van der Waals surface area (Å²) in [5.41, 5.74) is 2.09. The summed E-state index contributed by atoms with van der Waals surface area (Å²) >= 11 is 6.14. The predicted molar refractivity (Wildman–Crippen MR) is 84.2 cm³/mol. The summed E-state index contributed by atoms with van der Waals surface area (Å²) in [5, 5.41) is 4.12. The zero-order chi connectivity index (χ0) is 14.5. The van der Waals surface area contributed by atoms with Crippen LogP contribution in [0.1, 0.15) is 11.3 Å². The maximum Gasteiger partial charge on any atom is 0.134 e. The van der Waals surface area contributed by atoms with Crippen LogP contribution in [-0.2, 0) is 6.54 Å². The number of likely N-dealkylation sites (N-methyl/N-ethyl adjacent to an activating group) is 1. The second kappa shape index (κ2) is 6.93. The number of furan rings is 1. The van der Waals surface area contributed by atoms with E-state index in [9.17, 15) is 0 Å². The molecule has 0 radical (unpaired) electrons. The molecule has 1 N–H and O–H groups in total. The summed E-state index contributed by atoms with van der Waals surface area (Å²) in [7, 11) is 4.13. The highest BCUT2D eigenvalue weighted by Crippen LogP contribution is 2.26. The van der Waals surface area contributed by atoms with Crippen LogP contribution in [0.3, 0.4) is 0 Å². The smallest absolute Gasteiger partial charge is 0.134 e. The molecule has 4 heteroatoms. The van der Waals surface area contributed by atoms with Gasteiger partial charge >= 0.3 is 0 Å². The van der Waals surface area contributed by atoms with E-state index >= 15 is 0 Å². The van der Waals surface area contributed by atoms with Crippen LogP contribution in [0, 0.1) is 6.92 Å². The summed E-state index contributed by atoms with van der Waals surface area (Å²) in [6, 6.07) is 9.98. The number of nitrogens with zero attached hydrogens (tertiary/aromatic N) is 1. The summed E-state index contributed by atoms with van der Waals surface area (Å²) in [5.74, 6) is 1.80. The molecule has 0 saturated carbocycles. The third-order valence-corrected chi connectivity index (χ3v) is 3.56. The number of halogens is 1. The van der Waals surface area contributed by atoms with Crippen LogP contribution in [0.2, 0.25) is 5.02 Å². The number of hydrogen-bond acceptors (Lipinski definition) is 3. The fraction of sp³-hybridized carbons (Fsp3) is 0.375. The van der Waals surface area contributed by atoms with Crippen LogP contribution < -0.4 is 5.32 Å². The van der Waals surface area contributed by atoms with Crippen molar-refractivity contribution < 1.29 is 4.42 Å². The minimum Gasteiger partial charge on any atom is -0.460 e. The van der Waals surface area contributed by atoms with E-state index in [1.807, 2.05) is 37.3 Å². The molecule has 0 saturated heterocycles. The topological polar surface area (TPSA) is 28.4 Å². The molecule has 0 aliphatic carbocycles. The Hall–Kier alpha value is -1.29. The lowest BCUT2D eigenvalue weighted by Crippen LogP contribution is -2.25. The van der Waals surface area contributed by atoms with E-state index < -0.39 is 0 Å². The molecule has 0 atom stereocenters. The first-order valence-corrected chi connectivity index (χ1v) is 7.15. The Morgan fingerprint density at radius 1 is 1.20 bits per heavy atom. The minimum atomic E-state index is 0.743. The van der Waals surface area contributed by atoms with Crippen molar-refractivity contribution in [2.75, 3.05) is 27.2 Å². The Morgan fingerprint density at radius 2 is 2.00 bits per heavy atom. The third-order valence-electron chi connectivity index (χ3n) is 3.15. The number of rotatable bonds is 6. The SMILES string of the molecule is Cc1ccc(-c2ccc(CNCCN(C)C)o2)cc1Cl. The number of hydrogen-bond donors (Lipinski definition) is 1. The van der Waals surface area contributed by atoms with Gasteiger partial charge in [0.15, 0.2) is 0 Å². The first-order chi connectivity index (χ1) is 9.56. The Labute approximate surface area is 125 Å². The molecule has 108 valence electrons. The van der Waals surface area contributed by atoms with Crippen molar-refractivity contribution in [3.05, 3.63) is 46.7 Å². The van der Waals surface area contributed by atoms with Crippen molar-refractivity contribution in [3.63, 3.8) is 0 Å². The maximum atomic E-state index is 6.14. The van der Waals surface area contributed by atoms with Crippen molar-refractivity contribution in [2.24, 2.45) is 0 Å². The first kappa shape index (κ1) is 15.1. The van der Waals surface area contributed by atoms with Crippen LogP contribution >= 0.6 is 11.6 Å². The summed E-state index contributed by atoms with van der Waals surface area (Å²) in [6.07, 6.45) is 0. The minimum absolute atomic E-state index is 0.743. The van der Waals surface area contributed by atoms with Gasteiger partial charge < -0.3 is 14.6 Å². The number of benzene rings is 1. The molecule has 3 nitrogen and oxygen atoms in total. The van der Waals surface area contributed by atoms with Crippen molar-refractivity contribution in [1.82, 2.24) is 10.2 Å². The maximum absolute atomic E-state index is 6.14. The molecule has 0 fully saturated rings. The largest absolute Gasteiger partial charge is 0.460 e. The Kier molecular flexibility index (Phi) is 5.24. The predicted octanol–water partition coefficient (Wildman–Crippen LogP) is 3.56. The third kappa shape index (κ3) is 4.10. The van der Waals surface area contributed by atoms with E-state index in [0.29, 0.717) is 0 Å². The monoisotopic (exact) mass is 292 g/mol. The number of nitrogens with one attached hydrogen (secondary N) is 1. The first-order valence-electron chi connectivity index (χ1n) is 6.77. The van der Waals surface area contributed by atoms with Crippen LogP contribution in [0.5, 0.6) is 0 Å². The van der Waals surface area contributed by atoms with E-state index in [4.69, 9.17) is 16.0 Å². The lowest BCUT2D eigenvalue weighted by Gasteiger charge is -2.09. The average Bonchev–Trinajstić information content (AvgIpc) is 2.86. The van der Waals surface area contributed by atoms with E-state index in [1.165, 1.54) is 0 Å². The van der Waals surface area contributed by atoms with E-state index in [2.05, 4.69) is 24.3 Å². The van der Waals surface area contributed by atoms with Crippen LogP contribution in [0.4, 0.5) is 0 Å². The van der Waals surface area contributed by atoms with Gasteiger partial charge in [-0.15, -0.1) is 0 Å². The van der Waals surface area contributed by atoms with Crippen molar-refractivity contribution in [1.29, 1.82) is 0 Å². The van der Waals surface area contributed by atoms with Gasteiger partial charge in [-0.05, 0) is 44.8 Å². The standard InChI is InChI=1S/C16H21ClN2O/c1-12-4-5-13(10-15(12)17)16-7-6-14(20-16)11-18-8-9-19(2)3/h4-7,10,18H,8-9,11H2,1-3H3. The van der Waals surface area contributed by atoms with Gasteiger partial charge in [0.2, 0.25) is 0 Å². The van der Waals surface area contributed by atoms with Gasteiger partial charge in [0.1, 0.15) is 11.5 Å². The molecule has 0 bridgehead atoms. The zero-order valence-electron chi connectivity index (χ0n) is 12.2. The van der Waals surface area contributed by atoms with Gasteiger partial charge in [-0.25, -0.2) is 0 Å². The van der Waals surface area contributed by atoms with Gasteiger partial charge in [-0.3, -0.25) is 0 Å². The summed E-state index contributed by atoms with van der Waals surface area (Å²) in [4.78, 5) is 2.15. The zero-order valence-corrected chi connectivity index (χ0v) is 13.0. The normalized spacial score (nSPS) is 11.2. The highest BCUT2D eigenvalue weighted by atomic mass is 35.5. The molecule has 0 spiro atoms. The second-order valence-corrected chi connectivity index (χ2v) is 5.62. The molecular weight excluding hydrogens is 272 g/mol. The molecule has 0 unspecified atom stereocenters. The van der Waals surface area contributed by atoms with E-state index in [1.54, 1.807) is 0 Å². The molecule has 0 aliphatic heterocycles. The highest BCUT2D eigenvalue weighted by molar-refractivity contribution is 6.31. The molecular formula is C16H21ClN2O. The van der Waals surface area contributed by atoms with Crippen molar-refractivity contribution in [3.8, 4) is 11.3 Å². The molecule has 2 rings (SSSR count).